The van der Waals surface area contributed by atoms with Crippen molar-refractivity contribution in [3.05, 3.63) is 106 Å². The Bertz CT molecular complexity index is 790. The fourth-order valence-corrected chi connectivity index (χ4v) is 4.42. The predicted molar refractivity (Wildman–Crippen MR) is 117 cm³/mol. The molecule has 0 fully saturated rings. The zero-order valence-electron chi connectivity index (χ0n) is 15.6. The van der Waals surface area contributed by atoms with E-state index < -0.39 is 0 Å². The Morgan fingerprint density at radius 3 is 1.65 bits per heavy atom. The van der Waals surface area contributed by atoms with Crippen LogP contribution in [0.4, 0.5) is 0 Å². The number of hydrogen-bond donors (Lipinski definition) is 0. The monoisotopic (exact) mass is 424 g/mol. The van der Waals surface area contributed by atoms with Gasteiger partial charge in [-0.1, -0.05) is 88.7 Å². The minimum absolute atomic E-state index is 0.273. The van der Waals surface area contributed by atoms with Crippen LogP contribution in [-0.4, -0.2) is 16.1 Å². The molecule has 0 unspecified atom stereocenters. The summed E-state index contributed by atoms with van der Waals surface area (Å²) >= 11 is 3.55. The highest BCUT2D eigenvalue weighted by molar-refractivity contribution is 9.10. The molecule has 0 spiro atoms. The minimum atomic E-state index is -0.338. The van der Waals surface area contributed by atoms with Gasteiger partial charge in [-0.2, -0.15) is 0 Å². The summed E-state index contributed by atoms with van der Waals surface area (Å²) in [7, 11) is 0.688. The van der Waals surface area contributed by atoms with Crippen molar-refractivity contribution in [1.82, 2.24) is 0 Å². The van der Waals surface area contributed by atoms with Gasteiger partial charge in [-0.3, -0.25) is 0 Å². The van der Waals surface area contributed by atoms with Crippen molar-refractivity contribution in [3.8, 4) is 0 Å². The van der Waals surface area contributed by atoms with Gasteiger partial charge in [0.05, 0.1) is 11.0 Å². The number of halogens is 1. The van der Waals surface area contributed by atoms with Crippen LogP contribution in [0.5, 0.6) is 0 Å². The largest absolute Gasteiger partial charge is 0.422 e. The summed E-state index contributed by atoms with van der Waals surface area (Å²) in [5.41, 5.74) is 3.26. The summed E-state index contributed by atoms with van der Waals surface area (Å²) in [6.45, 7) is 4.44. The van der Waals surface area contributed by atoms with Crippen molar-refractivity contribution in [2.24, 2.45) is 0 Å². The molecule has 0 bridgehead atoms. The molecule has 0 N–H and O–H groups in total. The SMILES string of the molecule is CC(C)(O[SiH3])C(Cc1ccc(Br)cc1)(c1ccccc1)c1ccccc1. The van der Waals surface area contributed by atoms with E-state index in [0.29, 0.717) is 10.5 Å². The highest BCUT2D eigenvalue weighted by atomic mass is 79.9. The van der Waals surface area contributed by atoms with Crippen molar-refractivity contribution in [2.75, 3.05) is 0 Å². The van der Waals surface area contributed by atoms with Crippen LogP contribution in [0.2, 0.25) is 0 Å². The van der Waals surface area contributed by atoms with Crippen LogP contribution in [0.3, 0.4) is 0 Å². The molecular formula is C23H25BrOSi. The summed E-state index contributed by atoms with van der Waals surface area (Å²) in [5.74, 6) is 0. The van der Waals surface area contributed by atoms with E-state index in [-0.39, 0.29) is 11.0 Å². The zero-order valence-corrected chi connectivity index (χ0v) is 19.2. The second-order valence-electron chi connectivity index (χ2n) is 7.16. The van der Waals surface area contributed by atoms with Gasteiger partial charge in [-0.15, -0.1) is 0 Å². The maximum atomic E-state index is 6.24. The third kappa shape index (κ3) is 3.57. The lowest BCUT2D eigenvalue weighted by molar-refractivity contribution is 0.0465. The lowest BCUT2D eigenvalue weighted by atomic mass is 9.61. The first-order valence-corrected chi connectivity index (χ1v) is 10.5. The molecule has 0 aromatic heterocycles. The molecule has 0 aliphatic heterocycles. The van der Waals surface area contributed by atoms with Gasteiger partial charge < -0.3 is 4.43 Å². The third-order valence-corrected chi connectivity index (χ3v) is 7.00. The smallest absolute Gasteiger partial charge is 0.146 e. The third-order valence-electron chi connectivity index (χ3n) is 5.45. The predicted octanol–water partition coefficient (Wildman–Crippen LogP) is 5.05. The van der Waals surface area contributed by atoms with Gasteiger partial charge in [0.15, 0.2) is 0 Å². The van der Waals surface area contributed by atoms with Gasteiger partial charge >= 0.3 is 0 Å². The standard InChI is InChI=1S/C23H25BrOSi/c1-22(2,25-26)23(19-9-5-3-6-10-19,20-11-7-4-8-12-20)17-18-13-15-21(24)16-14-18/h3-16H,17H2,1-2,26H3. The van der Waals surface area contributed by atoms with E-state index in [1.807, 2.05) is 0 Å². The highest BCUT2D eigenvalue weighted by Gasteiger charge is 2.47. The summed E-state index contributed by atoms with van der Waals surface area (Å²) in [6, 6.07) is 30.2. The molecule has 0 heterocycles. The molecule has 0 saturated carbocycles. The van der Waals surface area contributed by atoms with E-state index >= 15 is 0 Å². The molecule has 0 atom stereocenters. The second-order valence-corrected chi connectivity index (χ2v) is 8.48. The summed E-state index contributed by atoms with van der Waals surface area (Å²) < 4.78 is 7.34. The fraction of sp³-hybridized carbons (Fsp3) is 0.217. The normalized spacial score (nSPS) is 12.3. The van der Waals surface area contributed by atoms with Crippen LogP contribution in [-0.2, 0) is 16.3 Å². The van der Waals surface area contributed by atoms with Gasteiger partial charge in [0.1, 0.15) is 10.5 Å². The van der Waals surface area contributed by atoms with E-state index in [1.54, 1.807) is 0 Å². The Hall–Kier alpha value is -1.68. The molecule has 0 aliphatic carbocycles. The summed E-state index contributed by atoms with van der Waals surface area (Å²) in [4.78, 5) is 0. The van der Waals surface area contributed by atoms with E-state index in [1.165, 1.54) is 16.7 Å². The quantitative estimate of drug-likeness (QED) is 0.502. The van der Waals surface area contributed by atoms with Crippen LogP contribution >= 0.6 is 15.9 Å². The van der Waals surface area contributed by atoms with Crippen LogP contribution in [0.1, 0.15) is 30.5 Å². The Kier molecular flexibility index (Phi) is 5.81. The van der Waals surface area contributed by atoms with Gasteiger partial charge in [0.2, 0.25) is 0 Å². The number of benzene rings is 3. The average Bonchev–Trinajstić information content (AvgIpc) is 2.69. The minimum Gasteiger partial charge on any atom is -0.422 e. The second kappa shape index (κ2) is 7.91. The molecule has 0 saturated heterocycles. The van der Waals surface area contributed by atoms with E-state index in [2.05, 4.69) is 115 Å². The van der Waals surface area contributed by atoms with Gasteiger partial charge in [0, 0.05) is 4.47 Å². The highest BCUT2D eigenvalue weighted by Crippen LogP contribution is 2.46. The molecule has 3 aromatic rings. The summed E-state index contributed by atoms with van der Waals surface area (Å²) in [5, 5.41) is 0. The topological polar surface area (TPSA) is 9.23 Å². The molecule has 0 aliphatic rings. The Morgan fingerprint density at radius 2 is 1.23 bits per heavy atom. The molecule has 1 nitrogen and oxygen atoms in total. The molecule has 0 radical (unpaired) electrons. The van der Waals surface area contributed by atoms with Gasteiger partial charge in [-0.05, 0) is 49.1 Å². The van der Waals surface area contributed by atoms with Crippen LogP contribution in [0.25, 0.3) is 0 Å². The van der Waals surface area contributed by atoms with E-state index in [9.17, 15) is 0 Å². The lowest BCUT2D eigenvalue weighted by Gasteiger charge is -2.48. The molecule has 0 amide bonds. The van der Waals surface area contributed by atoms with E-state index in [0.717, 1.165) is 10.9 Å². The maximum Gasteiger partial charge on any atom is 0.146 e. The van der Waals surface area contributed by atoms with Crippen LogP contribution < -0.4 is 0 Å². The summed E-state index contributed by atoms with van der Waals surface area (Å²) in [6.07, 6.45) is 0.879. The number of rotatable bonds is 6. The van der Waals surface area contributed by atoms with Crippen molar-refractivity contribution >= 4 is 26.4 Å². The molecule has 26 heavy (non-hydrogen) atoms. The van der Waals surface area contributed by atoms with Crippen molar-refractivity contribution < 1.29 is 4.43 Å². The van der Waals surface area contributed by atoms with Gasteiger partial charge in [0.25, 0.3) is 0 Å². The lowest BCUT2D eigenvalue weighted by Crippen LogP contribution is -2.51. The van der Waals surface area contributed by atoms with Crippen molar-refractivity contribution in [2.45, 2.75) is 31.3 Å². The van der Waals surface area contributed by atoms with E-state index in [4.69, 9.17) is 4.43 Å². The van der Waals surface area contributed by atoms with Crippen LogP contribution in [0, 0.1) is 0 Å². The molecule has 3 aromatic carbocycles. The van der Waals surface area contributed by atoms with Crippen molar-refractivity contribution in [1.29, 1.82) is 0 Å². The number of hydrogen-bond acceptors (Lipinski definition) is 1. The Balaban J connectivity index is 2.26. The molecule has 3 heteroatoms. The fourth-order valence-electron chi connectivity index (χ4n) is 3.81. The Morgan fingerprint density at radius 1 is 0.769 bits per heavy atom. The first-order chi connectivity index (χ1) is 12.5. The molecule has 134 valence electrons. The van der Waals surface area contributed by atoms with Gasteiger partial charge in [-0.25, -0.2) is 0 Å². The van der Waals surface area contributed by atoms with Crippen molar-refractivity contribution in [3.63, 3.8) is 0 Å². The average molecular weight is 425 g/mol. The maximum absolute atomic E-state index is 6.24. The zero-order chi connectivity index (χ0) is 18.6. The first kappa shape index (κ1) is 19.1. The molecule has 3 rings (SSSR count). The Labute approximate surface area is 168 Å². The first-order valence-electron chi connectivity index (χ1n) is 8.90. The molecular weight excluding hydrogens is 400 g/mol. The van der Waals surface area contributed by atoms with Crippen LogP contribution in [0.15, 0.2) is 89.4 Å².